The number of sulfonamides is 1. The number of ether oxygens (including phenoxy) is 1. The smallest absolute Gasteiger partial charge is 0.305 e. The van der Waals surface area contributed by atoms with Gasteiger partial charge in [0.05, 0.1) is 27.9 Å². The van der Waals surface area contributed by atoms with Crippen LogP contribution in [0.4, 0.5) is 5.69 Å². The third-order valence-corrected chi connectivity index (χ3v) is 5.55. The van der Waals surface area contributed by atoms with Crippen molar-refractivity contribution in [3.63, 3.8) is 0 Å². The topological polar surface area (TPSA) is 88.3 Å². The molecule has 9 heteroatoms. The number of H-pyrrole nitrogens is 1. The zero-order valence-corrected chi connectivity index (χ0v) is 14.2. The summed E-state index contributed by atoms with van der Waals surface area (Å²) in [5.41, 5.74) is 0.835. The standard InChI is InChI=1S/C14H11ClN2O4S2/c1-21-12-5-2-8(15)6-11(12)17-23(19,20)9-3-4-10-13(7-9)22-14(18)16-10/h2-7,17H,1H3,(H,16,18). The van der Waals surface area contributed by atoms with Gasteiger partial charge in [0.1, 0.15) is 5.75 Å². The molecule has 0 atom stereocenters. The lowest BCUT2D eigenvalue weighted by Gasteiger charge is -2.12. The first-order valence-electron chi connectivity index (χ1n) is 6.38. The van der Waals surface area contributed by atoms with Crippen molar-refractivity contribution in [2.45, 2.75) is 4.90 Å². The highest BCUT2D eigenvalue weighted by Crippen LogP contribution is 2.30. The van der Waals surface area contributed by atoms with Crippen LogP contribution in [0.5, 0.6) is 5.75 Å². The fourth-order valence-corrected chi connectivity index (χ4v) is 4.17. The van der Waals surface area contributed by atoms with E-state index in [-0.39, 0.29) is 15.5 Å². The van der Waals surface area contributed by atoms with Gasteiger partial charge >= 0.3 is 4.87 Å². The summed E-state index contributed by atoms with van der Waals surface area (Å²) in [5, 5.41) is 0.378. The van der Waals surface area contributed by atoms with Gasteiger partial charge in [-0.15, -0.1) is 0 Å². The molecule has 2 aromatic carbocycles. The Morgan fingerprint density at radius 2 is 2.00 bits per heavy atom. The molecule has 23 heavy (non-hydrogen) atoms. The van der Waals surface area contributed by atoms with Gasteiger partial charge < -0.3 is 9.72 Å². The minimum atomic E-state index is -3.84. The molecule has 3 rings (SSSR count). The highest BCUT2D eigenvalue weighted by Gasteiger charge is 2.18. The molecular formula is C14H11ClN2O4S2. The van der Waals surface area contributed by atoms with Gasteiger partial charge in [0, 0.05) is 5.02 Å². The van der Waals surface area contributed by atoms with Crippen LogP contribution in [0.3, 0.4) is 0 Å². The van der Waals surface area contributed by atoms with Crippen molar-refractivity contribution in [1.82, 2.24) is 4.98 Å². The molecule has 0 bridgehead atoms. The minimum Gasteiger partial charge on any atom is -0.495 e. The fraction of sp³-hybridized carbons (Fsp3) is 0.0714. The molecule has 3 aromatic rings. The van der Waals surface area contributed by atoms with Crippen LogP contribution in [0.25, 0.3) is 10.2 Å². The molecule has 1 aromatic heterocycles. The molecular weight excluding hydrogens is 360 g/mol. The number of methoxy groups -OCH3 is 1. The third-order valence-electron chi connectivity index (χ3n) is 3.11. The van der Waals surface area contributed by atoms with E-state index in [0.29, 0.717) is 21.0 Å². The summed E-state index contributed by atoms with van der Waals surface area (Å²) < 4.78 is 33.2. The second-order valence-corrected chi connectivity index (χ2v) is 7.76. The van der Waals surface area contributed by atoms with E-state index in [9.17, 15) is 13.2 Å². The summed E-state index contributed by atoms with van der Waals surface area (Å²) in [4.78, 5) is 13.8. The van der Waals surface area contributed by atoms with E-state index in [0.717, 1.165) is 11.3 Å². The average molecular weight is 371 g/mol. The quantitative estimate of drug-likeness (QED) is 0.738. The van der Waals surface area contributed by atoms with Crippen molar-refractivity contribution < 1.29 is 13.2 Å². The number of anilines is 1. The predicted molar refractivity (Wildman–Crippen MR) is 91.3 cm³/mol. The number of benzene rings is 2. The molecule has 0 aliphatic heterocycles. The van der Waals surface area contributed by atoms with Crippen molar-refractivity contribution in [1.29, 1.82) is 0 Å². The van der Waals surface area contributed by atoms with Gasteiger partial charge in [-0.05, 0) is 36.4 Å². The molecule has 0 fully saturated rings. The summed E-state index contributed by atoms with van der Waals surface area (Å²) in [5.74, 6) is 0.352. The Kier molecular flexibility index (Phi) is 4.05. The van der Waals surface area contributed by atoms with Crippen molar-refractivity contribution in [3.05, 3.63) is 51.1 Å². The van der Waals surface area contributed by atoms with Crippen molar-refractivity contribution in [2.24, 2.45) is 0 Å². The molecule has 0 saturated carbocycles. The SMILES string of the molecule is COc1ccc(Cl)cc1NS(=O)(=O)c1ccc2[nH]c(=O)sc2c1. The summed E-state index contributed by atoms with van der Waals surface area (Å²) in [6.07, 6.45) is 0. The monoisotopic (exact) mass is 370 g/mol. The van der Waals surface area contributed by atoms with Crippen molar-refractivity contribution in [2.75, 3.05) is 11.8 Å². The second kappa shape index (κ2) is 5.88. The Morgan fingerprint density at radius 3 is 2.74 bits per heavy atom. The van der Waals surface area contributed by atoms with Gasteiger partial charge in [-0.25, -0.2) is 8.42 Å². The largest absolute Gasteiger partial charge is 0.495 e. The minimum absolute atomic E-state index is 0.0438. The molecule has 120 valence electrons. The molecule has 0 unspecified atom stereocenters. The Labute approximate surface area is 140 Å². The van der Waals surface area contributed by atoms with E-state index in [1.807, 2.05) is 0 Å². The Balaban J connectivity index is 2.03. The maximum Gasteiger partial charge on any atom is 0.305 e. The molecule has 0 radical (unpaired) electrons. The third kappa shape index (κ3) is 3.19. The molecule has 1 heterocycles. The molecule has 6 nitrogen and oxygen atoms in total. The normalized spacial score (nSPS) is 11.6. The highest BCUT2D eigenvalue weighted by molar-refractivity contribution is 7.92. The van der Waals surface area contributed by atoms with Gasteiger partial charge in [-0.3, -0.25) is 9.52 Å². The van der Waals surface area contributed by atoms with E-state index in [4.69, 9.17) is 16.3 Å². The number of halogens is 1. The van der Waals surface area contributed by atoms with E-state index in [1.165, 1.54) is 25.3 Å². The summed E-state index contributed by atoms with van der Waals surface area (Å²) in [6.45, 7) is 0. The lowest BCUT2D eigenvalue weighted by molar-refractivity contribution is 0.417. The van der Waals surface area contributed by atoms with Crippen LogP contribution >= 0.6 is 22.9 Å². The second-order valence-electron chi connectivity index (χ2n) is 4.62. The number of fused-ring (bicyclic) bond motifs is 1. The molecule has 0 aliphatic carbocycles. The first-order chi connectivity index (χ1) is 10.9. The number of hydrogen-bond acceptors (Lipinski definition) is 5. The van der Waals surface area contributed by atoms with Crippen LogP contribution in [0.1, 0.15) is 0 Å². The van der Waals surface area contributed by atoms with E-state index < -0.39 is 10.0 Å². The summed E-state index contributed by atoms with van der Waals surface area (Å²) in [7, 11) is -2.41. The zero-order valence-electron chi connectivity index (χ0n) is 11.8. The maximum absolute atomic E-state index is 12.5. The molecule has 2 N–H and O–H groups in total. The van der Waals surface area contributed by atoms with Crippen LogP contribution in [0.2, 0.25) is 5.02 Å². The number of aromatic amines is 1. The first kappa shape index (κ1) is 15.9. The van der Waals surface area contributed by atoms with E-state index in [2.05, 4.69) is 9.71 Å². The summed E-state index contributed by atoms with van der Waals surface area (Å²) in [6, 6.07) is 9.05. The highest BCUT2D eigenvalue weighted by atomic mass is 35.5. The molecule has 0 saturated heterocycles. The number of aromatic nitrogens is 1. The zero-order chi connectivity index (χ0) is 16.6. The first-order valence-corrected chi connectivity index (χ1v) is 9.06. The maximum atomic E-state index is 12.5. The van der Waals surface area contributed by atoms with Gasteiger partial charge in [0.2, 0.25) is 0 Å². The lowest BCUT2D eigenvalue weighted by Crippen LogP contribution is -2.13. The molecule has 0 amide bonds. The number of nitrogens with one attached hydrogen (secondary N) is 2. The van der Waals surface area contributed by atoms with Crippen LogP contribution in [0, 0.1) is 0 Å². The van der Waals surface area contributed by atoms with E-state index >= 15 is 0 Å². The van der Waals surface area contributed by atoms with Crippen LogP contribution in [-0.4, -0.2) is 20.5 Å². The van der Waals surface area contributed by atoms with Crippen LogP contribution in [-0.2, 0) is 10.0 Å². The number of rotatable bonds is 4. The van der Waals surface area contributed by atoms with Gasteiger partial charge in [-0.2, -0.15) is 0 Å². The van der Waals surface area contributed by atoms with E-state index in [1.54, 1.807) is 18.2 Å². The van der Waals surface area contributed by atoms with Gasteiger partial charge in [-0.1, -0.05) is 22.9 Å². The molecule has 0 aliphatic rings. The predicted octanol–water partition coefficient (Wildman–Crippen LogP) is 3.05. The average Bonchev–Trinajstić information content (AvgIpc) is 2.86. The molecule has 0 spiro atoms. The van der Waals surface area contributed by atoms with Gasteiger partial charge in [0.25, 0.3) is 10.0 Å². The Morgan fingerprint density at radius 1 is 1.22 bits per heavy atom. The number of thiazole rings is 1. The summed E-state index contributed by atoms with van der Waals surface area (Å²) >= 11 is 6.85. The van der Waals surface area contributed by atoms with Gasteiger partial charge in [0.15, 0.2) is 0 Å². The number of hydrogen-bond donors (Lipinski definition) is 2. The fourth-order valence-electron chi connectivity index (χ4n) is 2.06. The lowest BCUT2D eigenvalue weighted by atomic mass is 10.3. The Hall–Kier alpha value is -2.03. The van der Waals surface area contributed by atoms with Crippen LogP contribution < -0.4 is 14.3 Å². The van der Waals surface area contributed by atoms with Crippen LogP contribution in [0.15, 0.2) is 46.1 Å². The van der Waals surface area contributed by atoms with Crippen molar-refractivity contribution >= 4 is 48.9 Å². The Bertz CT molecular complexity index is 1040. The van der Waals surface area contributed by atoms with Crippen molar-refractivity contribution in [3.8, 4) is 5.75 Å².